The van der Waals surface area contributed by atoms with Gasteiger partial charge in [0.15, 0.2) is 5.82 Å². The predicted octanol–water partition coefficient (Wildman–Crippen LogP) is 2.41. The highest BCUT2D eigenvalue weighted by Crippen LogP contribution is 2.25. The lowest BCUT2D eigenvalue weighted by Gasteiger charge is -2.32. The summed E-state index contributed by atoms with van der Waals surface area (Å²) in [6, 6.07) is 5.93. The van der Waals surface area contributed by atoms with Crippen molar-refractivity contribution in [2.45, 2.75) is 26.5 Å². The van der Waals surface area contributed by atoms with Crippen molar-refractivity contribution in [3.05, 3.63) is 39.9 Å². The number of nitrogens with zero attached hydrogens (tertiary/aromatic N) is 3. The van der Waals surface area contributed by atoms with Crippen molar-refractivity contribution < 1.29 is 9.53 Å². The average molecular weight is 394 g/mol. The smallest absolute Gasteiger partial charge is 0.221 e. The van der Waals surface area contributed by atoms with E-state index in [2.05, 4.69) is 41.3 Å². The van der Waals surface area contributed by atoms with E-state index in [1.165, 1.54) is 6.92 Å². The van der Waals surface area contributed by atoms with Crippen LogP contribution >= 0.6 is 15.9 Å². The maximum atomic E-state index is 11.4. The summed E-state index contributed by atoms with van der Waals surface area (Å²) < 4.78 is 6.73. The van der Waals surface area contributed by atoms with Gasteiger partial charge in [0.25, 0.3) is 0 Å². The minimum atomic E-state index is -0.136. The number of aromatic nitrogens is 3. The van der Waals surface area contributed by atoms with Gasteiger partial charge >= 0.3 is 0 Å². The van der Waals surface area contributed by atoms with Gasteiger partial charge in [0.05, 0.1) is 6.61 Å². The van der Waals surface area contributed by atoms with Crippen LogP contribution in [0.2, 0.25) is 0 Å². The Morgan fingerprint density at radius 3 is 3.08 bits per heavy atom. The van der Waals surface area contributed by atoms with Crippen LogP contribution in [0.1, 0.15) is 30.2 Å². The Bertz CT molecular complexity index is 733. The number of carbonyl (C=O) groups excluding carboxylic acids is 1. The highest BCUT2D eigenvalue weighted by atomic mass is 79.9. The van der Waals surface area contributed by atoms with Crippen LogP contribution in [0.25, 0.3) is 0 Å². The third kappa shape index (κ3) is 4.19. The maximum Gasteiger partial charge on any atom is 0.221 e. The van der Waals surface area contributed by atoms with Crippen LogP contribution in [0.3, 0.4) is 0 Å². The minimum absolute atomic E-state index is 0.0783. The molecule has 2 N–H and O–H groups in total. The van der Waals surface area contributed by atoms with Crippen molar-refractivity contribution in [3.8, 4) is 0 Å². The number of aromatic amines is 1. The first kappa shape index (κ1) is 17.1. The molecule has 1 fully saturated rings. The van der Waals surface area contributed by atoms with E-state index in [1.807, 2.05) is 25.1 Å². The van der Waals surface area contributed by atoms with Crippen molar-refractivity contribution in [1.82, 2.24) is 20.1 Å². The van der Waals surface area contributed by atoms with Gasteiger partial charge in [-0.15, -0.1) is 0 Å². The Balaban J connectivity index is 1.72. The monoisotopic (exact) mass is 393 g/mol. The van der Waals surface area contributed by atoms with Crippen molar-refractivity contribution in [1.29, 1.82) is 0 Å². The van der Waals surface area contributed by atoms with Gasteiger partial charge in [0, 0.05) is 36.7 Å². The van der Waals surface area contributed by atoms with E-state index in [0.29, 0.717) is 19.0 Å². The summed E-state index contributed by atoms with van der Waals surface area (Å²) in [5, 5.41) is 9.95. The Hall–Kier alpha value is -1.77. The maximum absolute atomic E-state index is 11.4. The fourth-order valence-electron chi connectivity index (χ4n) is 2.74. The van der Waals surface area contributed by atoms with E-state index in [4.69, 9.17) is 4.74 Å². The topological polar surface area (TPSA) is 83.1 Å². The van der Waals surface area contributed by atoms with E-state index in [9.17, 15) is 4.79 Å². The molecule has 0 spiro atoms. The summed E-state index contributed by atoms with van der Waals surface area (Å²) in [6.07, 6.45) is -0.136. The van der Waals surface area contributed by atoms with E-state index in [0.717, 1.165) is 34.6 Å². The molecule has 0 bridgehead atoms. The van der Waals surface area contributed by atoms with Gasteiger partial charge in [-0.1, -0.05) is 22.0 Å². The number of H-pyrrole nitrogens is 1. The summed E-state index contributed by atoms with van der Waals surface area (Å²) in [5.74, 6) is 1.40. The number of halogens is 1. The second kappa shape index (κ2) is 7.42. The second-order valence-electron chi connectivity index (χ2n) is 5.86. The number of aryl methyl sites for hydroxylation is 1. The molecule has 0 radical (unpaired) electrons. The highest BCUT2D eigenvalue weighted by molar-refractivity contribution is 9.10. The number of rotatable bonds is 4. The van der Waals surface area contributed by atoms with Gasteiger partial charge in [-0.2, -0.15) is 5.10 Å². The normalized spacial score (nSPS) is 18.5. The molecule has 1 aliphatic heterocycles. The molecule has 128 valence electrons. The number of amides is 1. The lowest BCUT2D eigenvalue weighted by molar-refractivity contribution is -0.114. The van der Waals surface area contributed by atoms with Gasteiger partial charge in [-0.3, -0.25) is 14.8 Å². The molecule has 2 heterocycles. The number of hydrogen-bond donors (Lipinski definition) is 2. The lowest BCUT2D eigenvalue weighted by atomic mass is 10.1. The molecule has 1 unspecified atom stereocenters. The van der Waals surface area contributed by atoms with Crippen LogP contribution in [0.4, 0.5) is 5.69 Å². The first-order valence-corrected chi connectivity index (χ1v) is 8.59. The summed E-state index contributed by atoms with van der Waals surface area (Å²) in [4.78, 5) is 18.1. The van der Waals surface area contributed by atoms with Gasteiger partial charge in [0.1, 0.15) is 11.9 Å². The summed E-state index contributed by atoms with van der Waals surface area (Å²) in [7, 11) is 0. The zero-order valence-corrected chi connectivity index (χ0v) is 15.3. The number of nitrogens with one attached hydrogen (secondary N) is 2. The first-order valence-electron chi connectivity index (χ1n) is 7.80. The van der Waals surface area contributed by atoms with E-state index < -0.39 is 0 Å². The van der Waals surface area contributed by atoms with Crippen LogP contribution in [-0.2, 0) is 16.1 Å². The molecule has 1 atom stereocenters. The molecular weight excluding hydrogens is 374 g/mol. The predicted molar refractivity (Wildman–Crippen MR) is 93.5 cm³/mol. The fraction of sp³-hybridized carbons (Fsp3) is 0.438. The summed E-state index contributed by atoms with van der Waals surface area (Å²) in [6.45, 7) is 6.29. The molecule has 1 aromatic heterocycles. The molecule has 1 aromatic carbocycles. The zero-order valence-electron chi connectivity index (χ0n) is 13.7. The molecule has 3 rings (SSSR count). The average Bonchev–Trinajstić information content (AvgIpc) is 2.96. The summed E-state index contributed by atoms with van der Waals surface area (Å²) >= 11 is 3.45. The van der Waals surface area contributed by atoms with Gasteiger partial charge in [0.2, 0.25) is 5.91 Å². The fourth-order valence-corrected chi connectivity index (χ4v) is 3.10. The lowest BCUT2D eigenvalue weighted by Crippen LogP contribution is -2.38. The van der Waals surface area contributed by atoms with Crippen LogP contribution in [0.15, 0.2) is 22.7 Å². The largest absolute Gasteiger partial charge is 0.367 e. The standard InChI is InChI=1S/C16H20BrN5O2/c1-10-18-16(21-20-10)15-9-22(5-6-24-15)8-12-3-4-13(17)7-14(12)19-11(2)23/h3-4,7,15H,5-6,8-9H2,1-2H3,(H,19,23)(H,18,20,21). The van der Waals surface area contributed by atoms with Gasteiger partial charge in [-0.05, 0) is 24.6 Å². The highest BCUT2D eigenvalue weighted by Gasteiger charge is 2.25. The first-order chi connectivity index (χ1) is 11.5. The summed E-state index contributed by atoms with van der Waals surface area (Å²) in [5.41, 5.74) is 1.90. The third-order valence-corrected chi connectivity index (χ3v) is 4.32. The van der Waals surface area contributed by atoms with Gasteiger partial charge < -0.3 is 10.1 Å². The Morgan fingerprint density at radius 2 is 2.38 bits per heavy atom. The van der Waals surface area contributed by atoms with Crippen molar-refractivity contribution in [3.63, 3.8) is 0 Å². The van der Waals surface area contributed by atoms with Crippen LogP contribution in [0.5, 0.6) is 0 Å². The number of anilines is 1. The van der Waals surface area contributed by atoms with Crippen molar-refractivity contribution in [2.24, 2.45) is 0 Å². The second-order valence-corrected chi connectivity index (χ2v) is 6.77. The third-order valence-electron chi connectivity index (χ3n) is 3.83. The molecule has 8 heteroatoms. The molecule has 7 nitrogen and oxygen atoms in total. The van der Waals surface area contributed by atoms with E-state index in [-0.39, 0.29) is 12.0 Å². The van der Waals surface area contributed by atoms with E-state index >= 15 is 0 Å². The van der Waals surface area contributed by atoms with Crippen LogP contribution in [-0.4, -0.2) is 45.7 Å². The zero-order chi connectivity index (χ0) is 17.1. The number of carbonyl (C=O) groups is 1. The Kier molecular flexibility index (Phi) is 5.27. The van der Waals surface area contributed by atoms with E-state index in [1.54, 1.807) is 0 Å². The number of hydrogen-bond acceptors (Lipinski definition) is 5. The molecule has 2 aromatic rings. The Labute approximate surface area is 148 Å². The minimum Gasteiger partial charge on any atom is -0.367 e. The molecule has 0 aliphatic carbocycles. The molecular formula is C16H20BrN5O2. The van der Waals surface area contributed by atoms with Crippen LogP contribution < -0.4 is 5.32 Å². The number of benzene rings is 1. The SMILES string of the molecule is CC(=O)Nc1cc(Br)ccc1CN1CCOC(c2n[nH]c(C)n2)C1. The molecule has 1 aliphatic rings. The molecule has 24 heavy (non-hydrogen) atoms. The van der Waals surface area contributed by atoms with Crippen LogP contribution in [0, 0.1) is 6.92 Å². The Morgan fingerprint density at radius 1 is 1.54 bits per heavy atom. The van der Waals surface area contributed by atoms with Gasteiger partial charge in [-0.25, -0.2) is 4.98 Å². The number of ether oxygens (including phenoxy) is 1. The van der Waals surface area contributed by atoms with Crippen molar-refractivity contribution in [2.75, 3.05) is 25.0 Å². The number of morpholine rings is 1. The molecule has 0 saturated carbocycles. The molecule has 1 amide bonds. The molecule has 1 saturated heterocycles. The van der Waals surface area contributed by atoms with Crippen molar-refractivity contribution >= 4 is 27.5 Å². The quantitative estimate of drug-likeness (QED) is 0.832.